The number of hydrogen-bond donors (Lipinski definition) is 3. The Morgan fingerprint density at radius 3 is 2.84 bits per heavy atom. The van der Waals surface area contributed by atoms with E-state index in [1.807, 2.05) is 24.3 Å². The summed E-state index contributed by atoms with van der Waals surface area (Å²) in [6, 6.07) is 7.89. The quantitative estimate of drug-likeness (QED) is 0.785. The van der Waals surface area contributed by atoms with Crippen LogP contribution in [0.3, 0.4) is 0 Å². The highest BCUT2D eigenvalue weighted by molar-refractivity contribution is 6.31. The van der Waals surface area contributed by atoms with Crippen molar-refractivity contribution in [2.45, 2.75) is 37.9 Å². The lowest BCUT2D eigenvalue weighted by Crippen LogP contribution is -2.43. The number of amides is 1. The molecule has 1 aromatic rings. The Labute approximate surface area is 117 Å². The van der Waals surface area contributed by atoms with Gasteiger partial charge in [0.25, 0.3) is 0 Å². The highest BCUT2D eigenvalue weighted by Gasteiger charge is 2.38. The molecule has 0 aromatic heterocycles. The molecule has 2 fully saturated rings. The minimum Gasteiger partial charge on any atom is -0.351 e. The van der Waals surface area contributed by atoms with Crippen LogP contribution in [0.25, 0.3) is 0 Å². The van der Waals surface area contributed by atoms with E-state index >= 15 is 0 Å². The van der Waals surface area contributed by atoms with Gasteiger partial charge in [-0.05, 0) is 36.8 Å². The smallest absolute Gasteiger partial charge is 0.238 e. The minimum atomic E-state index is -0.131. The first kappa shape index (κ1) is 12.9. The van der Waals surface area contributed by atoms with Crippen LogP contribution < -0.4 is 16.2 Å². The lowest BCUT2D eigenvalue weighted by atomic mass is 10.1. The largest absolute Gasteiger partial charge is 0.351 e. The van der Waals surface area contributed by atoms with E-state index < -0.39 is 0 Å². The summed E-state index contributed by atoms with van der Waals surface area (Å²) in [5.41, 5.74) is 7.25. The molecule has 1 aromatic carbocycles. The maximum atomic E-state index is 12.1. The molecule has 1 aliphatic carbocycles. The molecular weight excluding hydrogens is 262 g/mol. The molecule has 0 bridgehead atoms. The average molecular weight is 280 g/mol. The van der Waals surface area contributed by atoms with Crippen LogP contribution in [-0.2, 0) is 11.3 Å². The van der Waals surface area contributed by atoms with Crippen molar-refractivity contribution in [1.82, 2.24) is 16.2 Å². The van der Waals surface area contributed by atoms with E-state index in [0.29, 0.717) is 17.6 Å². The molecule has 2 atom stereocenters. The Kier molecular flexibility index (Phi) is 3.73. The standard InChI is InChI=1S/C14H18ClN3O/c15-11-4-2-1-3-10(11)8-16-14(19)13-7-12(17-18-13)9-5-6-9/h1-4,9,12-13,17-18H,5-8H2,(H,16,19). The van der Waals surface area contributed by atoms with E-state index in [1.165, 1.54) is 12.8 Å². The van der Waals surface area contributed by atoms with Crippen molar-refractivity contribution in [3.8, 4) is 0 Å². The Morgan fingerprint density at radius 2 is 2.11 bits per heavy atom. The molecule has 5 heteroatoms. The van der Waals surface area contributed by atoms with Gasteiger partial charge in [-0.2, -0.15) is 0 Å². The SMILES string of the molecule is O=C(NCc1ccccc1Cl)C1CC(C2CC2)NN1. The van der Waals surface area contributed by atoms with Gasteiger partial charge in [0.2, 0.25) is 5.91 Å². The van der Waals surface area contributed by atoms with E-state index in [-0.39, 0.29) is 11.9 Å². The van der Waals surface area contributed by atoms with Gasteiger partial charge in [0.05, 0.1) is 0 Å². The molecule has 3 rings (SSSR count). The zero-order valence-electron chi connectivity index (χ0n) is 10.7. The fourth-order valence-corrected chi connectivity index (χ4v) is 2.71. The van der Waals surface area contributed by atoms with Crippen molar-refractivity contribution in [1.29, 1.82) is 0 Å². The molecule has 1 saturated carbocycles. The van der Waals surface area contributed by atoms with Crippen molar-refractivity contribution < 1.29 is 4.79 Å². The van der Waals surface area contributed by atoms with Crippen molar-refractivity contribution in [2.24, 2.45) is 5.92 Å². The first-order valence-electron chi connectivity index (χ1n) is 6.76. The predicted molar refractivity (Wildman–Crippen MR) is 74.5 cm³/mol. The van der Waals surface area contributed by atoms with Crippen LogP contribution in [-0.4, -0.2) is 18.0 Å². The van der Waals surface area contributed by atoms with Crippen LogP contribution in [0, 0.1) is 5.92 Å². The maximum absolute atomic E-state index is 12.1. The molecule has 1 amide bonds. The predicted octanol–water partition coefficient (Wildman–Crippen LogP) is 1.60. The summed E-state index contributed by atoms with van der Waals surface area (Å²) >= 11 is 6.06. The van der Waals surface area contributed by atoms with Gasteiger partial charge in [0.15, 0.2) is 0 Å². The molecule has 2 unspecified atom stereocenters. The molecule has 4 nitrogen and oxygen atoms in total. The van der Waals surface area contributed by atoms with Gasteiger partial charge in [0.1, 0.15) is 6.04 Å². The number of nitrogens with one attached hydrogen (secondary N) is 3. The third kappa shape index (κ3) is 3.08. The molecule has 2 aliphatic rings. The minimum absolute atomic E-state index is 0.0376. The lowest BCUT2D eigenvalue weighted by molar-refractivity contribution is -0.123. The van der Waals surface area contributed by atoms with Crippen molar-refractivity contribution in [3.63, 3.8) is 0 Å². The molecule has 1 saturated heterocycles. The van der Waals surface area contributed by atoms with E-state index in [9.17, 15) is 4.79 Å². The molecule has 0 spiro atoms. The van der Waals surface area contributed by atoms with Crippen molar-refractivity contribution in [2.75, 3.05) is 0 Å². The first-order valence-corrected chi connectivity index (χ1v) is 7.14. The number of halogens is 1. The van der Waals surface area contributed by atoms with E-state index in [2.05, 4.69) is 16.2 Å². The second kappa shape index (κ2) is 5.49. The van der Waals surface area contributed by atoms with E-state index in [0.717, 1.165) is 17.9 Å². The highest BCUT2D eigenvalue weighted by Crippen LogP contribution is 2.35. The Balaban J connectivity index is 1.50. The van der Waals surface area contributed by atoms with Gasteiger partial charge in [0, 0.05) is 17.6 Å². The Hall–Kier alpha value is -1.10. The van der Waals surface area contributed by atoms with Crippen LogP contribution in [0.5, 0.6) is 0 Å². The summed E-state index contributed by atoms with van der Waals surface area (Å²) in [4.78, 5) is 12.1. The lowest BCUT2D eigenvalue weighted by Gasteiger charge is -2.11. The molecular formula is C14H18ClN3O. The molecule has 19 heavy (non-hydrogen) atoms. The fourth-order valence-electron chi connectivity index (χ4n) is 2.51. The number of hydrazine groups is 1. The third-order valence-electron chi connectivity index (χ3n) is 3.85. The van der Waals surface area contributed by atoms with Crippen LogP contribution in [0.15, 0.2) is 24.3 Å². The summed E-state index contributed by atoms with van der Waals surface area (Å²) < 4.78 is 0. The summed E-state index contributed by atoms with van der Waals surface area (Å²) in [5.74, 6) is 0.796. The summed E-state index contributed by atoms with van der Waals surface area (Å²) in [5, 5.41) is 3.63. The van der Waals surface area contributed by atoms with Crippen LogP contribution in [0.4, 0.5) is 0 Å². The molecule has 1 heterocycles. The third-order valence-corrected chi connectivity index (χ3v) is 4.22. The van der Waals surface area contributed by atoms with Gasteiger partial charge < -0.3 is 5.32 Å². The van der Waals surface area contributed by atoms with E-state index in [1.54, 1.807) is 0 Å². The van der Waals surface area contributed by atoms with Gasteiger partial charge >= 0.3 is 0 Å². The second-order valence-electron chi connectivity index (χ2n) is 5.33. The summed E-state index contributed by atoms with van der Waals surface area (Å²) in [7, 11) is 0. The van der Waals surface area contributed by atoms with Gasteiger partial charge in [-0.15, -0.1) is 0 Å². The number of carbonyl (C=O) groups is 1. The van der Waals surface area contributed by atoms with Crippen molar-refractivity contribution in [3.05, 3.63) is 34.9 Å². The maximum Gasteiger partial charge on any atom is 0.238 e. The zero-order valence-corrected chi connectivity index (χ0v) is 11.4. The van der Waals surface area contributed by atoms with Gasteiger partial charge in [-0.25, -0.2) is 5.43 Å². The van der Waals surface area contributed by atoms with Crippen LogP contribution in [0.2, 0.25) is 5.02 Å². The molecule has 0 radical (unpaired) electrons. The monoisotopic (exact) mass is 279 g/mol. The second-order valence-corrected chi connectivity index (χ2v) is 5.74. The van der Waals surface area contributed by atoms with Crippen LogP contribution >= 0.6 is 11.6 Å². The highest BCUT2D eigenvalue weighted by atomic mass is 35.5. The molecule has 3 N–H and O–H groups in total. The number of rotatable bonds is 4. The summed E-state index contributed by atoms with van der Waals surface area (Å²) in [6.07, 6.45) is 3.44. The molecule has 102 valence electrons. The van der Waals surface area contributed by atoms with Gasteiger partial charge in [-0.3, -0.25) is 10.2 Å². The topological polar surface area (TPSA) is 53.2 Å². The summed E-state index contributed by atoms with van der Waals surface area (Å²) in [6.45, 7) is 0.477. The van der Waals surface area contributed by atoms with Crippen molar-refractivity contribution >= 4 is 17.5 Å². The normalized spacial score (nSPS) is 26.4. The Morgan fingerprint density at radius 1 is 1.32 bits per heavy atom. The zero-order chi connectivity index (χ0) is 13.2. The fraction of sp³-hybridized carbons (Fsp3) is 0.500. The van der Waals surface area contributed by atoms with Crippen LogP contribution in [0.1, 0.15) is 24.8 Å². The average Bonchev–Trinajstić information content (AvgIpc) is 3.15. The number of hydrogen-bond acceptors (Lipinski definition) is 3. The van der Waals surface area contributed by atoms with E-state index in [4.69, 9.17) is 11.6 Å². The van der Waals surface area contributed by atoms with Gasteiger partial charge in [-0.1, -0.05) is 29.8 Å². The number of benzene rings is 1. The Bertz CT molecular complexity index is 476. The number of carbonyl (C=O) groups excluding carboxylic acids is 1. The first-order chi connectivity index (χ1) is 9.24. The molecule has 1 aliphatic heterocycles.